The summed E-state index contributed by atoms with van der Waals surface area (Å²) in [5, 5.41) is 0.281. The van der Waals surface area contributed by atoms with Crippen LogP contribution in [0.25, 0.3) is 0 Å². The number of esters is 1. The van der Waals surface area contributed by atoms with E-state index in [0.29, 0.717) is 17.1 Å². The van der Waals surface area contributed by atoms with Gasteiger partial charge in [-0.05, 0) is 30.3 Å². The van der Waals surface area contributed by atoms with E-state index < -0.39 is 5.97 Å². The van der Waals surface area contributed by atoms with Crippen LogP contribution in [0.15, 0.2) is 42.5 Å². The third kappa shape index (κ3) is 2.89. The molecule has 0 bridgehead atoms. The molecule has 2 aromatic carbocycles. The quantitative estimate of drug-likeness (QED) is 0.640. The van der Waals surface area contributed by atoms with Gasteiger partial charge in [-0.1, -0.05) is 23.7 Å². The number of ether oxygens (including phenoxy) is 3. The Morgan fingerprint density at radius 2 is 1.86 bits per heavy atom. The Balaban J connectivity index is 1.65. The molecule has 0 N–H and O–H groups in total. The highest BCUT2D eigenvalue weighted by Crippen LogP contribution is 2.32. The molecular formula is C16H11ClO5. The number of Topliss-reactive ketones (excluding diaryl/α,β-unsaturated/α-hetero) is 1. The number of ketones is 1. The largest absolute Gasteiger partial charge is 0.454 e. The molecule has 0 saturated heterocycles. The SMILES string of the molecule is O=C(COC(=O)c1ccccc1Cl)c1ccc2c(c1)OCO2. The minimum absolute atomic E-state index is 0.133. The van der Waals surface area contributed by atoms with Crippen LogP contribution in [0.4, 0.5) is 0 Å². The molecule has 2 aromatic rings. The van der Waals surface area contributed by atoms with Gasteiger partial charge >= 0.3 is 5.97 Å². The van der Waals surface area contributed by atoms with Gasteiger partial charge in [0, 0.05) is 5.56 Å². The zero-order chi connectivity index (χ0) is 15.5. The second-order valence-corrected chi connectivity index (χ2v) is 4.95. The normalized spacial score (nSPS) is 12.0. The summed E-state index contributed by atoms with van der Waals surface area (Å²) in [4.78, 5) is 23.9. The number of fused-ring (bicyclic) bond motifs is 1. The Morgan fingerprint density at radius 1 is 1.09 bits per heavy atom. The minimum Gasteiger partial charge on any atom is -0.454 e. The van der Waals surface area contributed by atoms with Gasteiger partial charge in [-0.2, -0.15) is 0 Å². The summed E-state index contributed by atoms with van der Waals surface area (Å²) in [5.74, 6) is 0.117. The molecule has 0 radical (unpaired) electrons. The molecule has 22 heavy (non-hydrogen) atoms. The highest BCUT2D eigenvalue weighted by molar-refractivity contribution is 6.33. The lowest BCUT2D eigenvalue weighted by molar-refractivity contribution is 0.0475. The molecule has 6 heteroatoms. The van der Waals surface area contributed by atoms with Crippen LogP contribution in [0.5, 0.6) is 11.5 Å². The summed E-state index contributed by atoms with van der Waals surface area (Å²) in [7, 11) is 0. The van der Waals surface area contributed by atoms with Gasteiger partial charge in [0.15, 0.2) is 23.9 Å². The van der Waals surface area contributed by atoms with Crippen LogP contribution < -0.4 is 9.47 Å². The van der Waals surface area contributed by atoms with Crippen LogP contribution in [-0.4, -0.2) is 25.2 Å². The second-order valence-electron chi connectivity index (χ2n) is 4.55. The molecular weight excluding hydrogens is 308 g/mol. The predicted octanol–water partition coefficient (Wildman–Crippen LogP) is 3.11. The Kier molecular flexibility index (Phi) is 3.98. The maximum atomic E-state index is 12.1. The smallest absolute Gasteiger partial charge is 0.340 e. The van der Waals surface area contributed by atoms with Crippen molar-refractivity contribution in [3.8, 4) is 11.5 Å². The minimum atomic E-state index is -0.639. The van der Waals surface area contributed by atoms with Crippen molar-refractivity contribution in [2.75, 3.05) is 13.4 Å². The van der Waals surface area contributed by atoms with Crippen LogP contribution >= 0.6 is 11.6 Å². The number of carbonyl (C=O) groups is 2. The molecule has 0 amide bonds. The first-order chi connectivity index (χ1) is 10.6. The molecule has 0 fully saturated rings. The Labute approximate surface area is 131 Å². The number of hydrogen-bond acceptors (Lipinski definition) is 5. The van der Waals surface area contributed by atoms with Gasteiger partial charge in [0.1, 0.15) is 0 Å². The summed E-state index contributed by atoms with van der Waals surface area (Å²) in [6, 6.07) is 11.3. The average Bonchev–Trinajstić information content (AvgIpc) is 3.00. The van der Waals surface area contributed by atoms with Crippen LogP contribution in [0, 0.1) is 0 Å². The van der Waals surface area contributed by atoms with Gasteiger partial charge < -0.3 is 14.2 Å². The van der Waals surface area contributed by atoms with Gasteiger partial charge in [-0.3, -0.25) is 4.79 Å². The molecule has 0 unspecified atom stereocenters. The summed E-state index contributed by atoms with van der Waals surface area (Å²) in [5.41, 5.74) is 0.610. The molecule has 1 heterocycles. The van der Waals surface area contributed by atoms with Crippen LogP contribution in [0.3, 0.4) is 0 Å². The van der Waals surface area contributed by atoms with E-state index in [1.807, 2.05) is 0 Å². The Morgan fingerprint density at radius 3 is 2.68 bits per heavy atom. The highest BCUT2D eigenvalue weighted by Gasteiger charge is 2.18. The maximum absolute atomic E-state index is 12.1. The number of hydrogen-bond donors (Lipinski definition) is 0. The summed E-state index contributed by atoms with van der Waals surface area (Å²) in [6.45, 7) is -0.238. The molecule has 112 valence electrons. The maximum Gasteiger partial charge on any atom is 0.340 e. The van der Waals surface area contributed by atoms with Crippen molar-refractivity contribution in [2.24, 2.45) is 0 Å². The predicted molar refractivity (Wildman–Crippen MR) is 78.6 cm³/mol. The molecule has 1 aliphatic heterocycles. The third-order valence-corrected chi connectivity index (χ3v) is 3.45. The molecule has 0 saturated carbocycles. The third-order valence-electron chi connectivity index (χ3n) is 3.12. The van der Waals surface area contributed by atoms with Crippen LogP contribution in [0.1, 0.15) is 20.7 Å². The topological polar surface area (TPSA) is 61.8 Å². The van der Waals surface area contributed by atoms with E-state index in [9.17, 15) is 9.59 Å². The fourth-order valence-corrected chi connectivity index (χ4v) is 2.20. The van der Waals surface area contributed by atoms with Gasteiger partial charge in [0.05, 0.1) is 10.6 Å². The van der Waals surface area contributed by atoms with Crippen molar-refractivity contribution in [1.29, 1.82) is 0 Å². The number of carbonyl (C=O) groups excluding carboxylic acids is 2. The number of rotatable bonds is 4. The van der Waals surface area contributed by atoms with Crippen LogP contribution in [-0.2, 0) is 4.74 Å². The first-order valence-corrected chi connectivity index (χ1v) is 6.87. The highest BCUT2D eigenvalue weighted by atomic mass is 35.5. The van der Waals surface area contributed by atoms with E-state index in [2.05, 4.69) is 0 Å². The van der Waals surface area contributed by atoms with Gasteiger partial charge in [-0.25, -0.2) is 4.79 Å². The van der Waals surface area contributed by atoms with Crippen molar-refractivity contribution in [3.05, 3.63) is 58.6 Å². The summed E-state index contributed by atoms with van der Waals surface area (Å²) < 4.78 is 15.4. The standard InChI is InChI=1S/C16H11ClO5/c17-12-4-2-1-3-11(12)16(19)20-8-13(18)10-5-6-14-15(7-10)22-9-21-14/h1-7H,8-9H2. The van der Waals surface area contributed by atoms with Crippen molar-refractivity contribution < 1.29 is 23.8 Å². The van der Waals surface area contributed by atoms with E-state index in [-0.39, 0.29) is 29.8 Å². The Bertz CT molecular complexity index is 741. The summed E-state index contributed by atoms with van der Waals surface area (Å²) >= 11 is 5.90. The lowest BCUT2D eigenvalue weighted by atomic mass is 10.1. The van der Waals surface area contributed by atoms with E-state index in [4.69, 9.17) is 25.8 Å². The summed E-state index contributed by atoms with van der Waals surface area (Å²) in [6.07, 6.45) is 0. The van der Waals surface area contributed by atoms with E-state index >= 15 is 0 Å². The van der Waals surface area contributed by atoms with Gasteiger partial charge in [-0.15, -0.1) is 0 Å². The van der Waals surface area contributed by atoms with Gasteiger partial charge in [0.25, 0.3) is 0 Å². The molecule has 5 nitrogen and oxygen atoms in total. The van der Waals surface area contributed by atoms with Gasteiger partial charge in [0.2, 0.25) is 6.79 Å². The average molecular weight is 319 g/mol. The monoisotopic (exact) mass is 318 g/mol. The Hall–Kier alpha value is -2.53. The van der Waals surface area contributed by atoms with E-state index in [0.717, 1.165) is 0 Å². The van der Waals surface area contributed by atoms with Crippen molar-refractivity contribution >= 4 is 23.4 Å². The number of benzene rings is 2. The molecule has 0 atom stereocenters. The molecule has 0 aliphatic carbocycles. The zero-order valence-electron chi connectivity index (χ0n) is 11.4. The zero-order valence-corrected chi connectivity index (χ0v) is 12.1. The second kappa shape index (κ2) is 6.07. The first-order valence-electron chi connectivity index (χ1n) is 6.49. The fraction of sp³-hybridized carbons (Fsp3) is 0.125. The van der Waals surface area contributed by atoms with Crippen LogP contribution in [0.2, 0.25) is 5.02 Å². The van der Waals surface area contributed by atoms with Crippen molar-refractivity contribution in [1.82, 2.24) is 0 Å². The first kappa shape index (κ1) is 14.4. The van der Waals surface area contributed by atoms with E-state index in [1.165, 1.54) is 6.07 Å². The lowest BCUT2D eigenvalue weighted by Gasteiger charge is -2.06. The van der Waals surface area contributed by atoms with Crippen molar-refractivity contribution in [3.63, 3.8) is 0 Å². The number of halogens is 1. The molecule has 0 aromatic heterocycles. The molecule has 0 spiro atoms. The molecule has 3 rings (SSSR count). The van der Waals surface area contributed by atoms with Crippen molar-refractivity contribution in [2.45, 2.75) is 0 Å². The van der Waals surface area contributed by atoms with E-state index in [1.54, 1.807) is 36.4 Å². The fourth-order valence-electron chi connectivity index (χ4n) is 1.99. The molecule has 1 aliphatic rings. The lowest BCUT2D eigenvalue weighted by Crippen LogP contribution is -2.14.